The van der Waals surface area contributed by atoms with Gasteiger partial charge in [0.05, 0.1) is 18.9 Å². The lowest BCUT2D eigenvalue weighted by Crippen LogP contribution is -2.27. The molecule has 0 bridgehead atoms. The Balaban J connectivity index is 0.00000400. The van der Waals surface area contributed by atoms with E-state index in [0.717, 1.165) is 48.6 Å². The van der Waals surface area contributed by atoms with Crippen LogP contribution >= 0.6 is 12.4 Å². The maximum absolute atomic E-state index is 13.2. The van der Waals surface area contributed by atoms with Crippen molar-refractivity contribution in [1.82, 2.24) is 9.97 Å². The van der Waals surface area contributed by atoms with Crippen molar-refractivity contribution in [3.05, 3.63) is 54.2 Å². The van der Waals surface area contributed by atoms with Crippen molar-refractivity contribution in [3.63, 3.8) is 0 Å². The smallest absolute Gasteiger partial charge is 0.229 e. The number of amides is 1. The summed E-state index contributed by atoms with van der Waals surface area (Å²) in [5.41, 5.74) is 2.93. The number of benzene rings is 2. The lowest BCUT2D eigenvalue weighted by atomic mass is 9.82. The van der Waals surface area contributed by atoms with Gasteiger partial charge in [-0.25, -0.2) is 4.98 Å². The zero-order valence-electron chi connectivity index (χ0n) is 22.5. The monoisotopic (exact) mass is 539 g/mol. The average molecular weight is 540 g/mol. The first-order valence-electron chi connectivity index (χ1n) is 13.1. The third-order valence-corrected chi connectivity index (χ3v) is 6.57. The zero-order chi connectivity index (χ0) is 26.2. The van der Waals surface area contributed by atoms with Gasteiger partial charge in [0.15, 0.2) is 5.82 Å². The molecule has 1 saturated carbocycles. The van der Waals surface area contributed by atoms with Crippen LogP contribution in [0.2, 0.25) is 0 Å². The summed E-state index contributed by atoms with van der Waals surface area (Å²) in [6.45, 7) is 9.26. The van der Waals surface area contributed by atoms with Crippen LogP contribution in [-0.4, -0.2) is 29.1 Å². The molecule has 4 rings (SSSR count). The molecule has 1 fully saturated rings. The Kier molecular flexibility index (Phi) is 10.6. The molecular formula is C29H38ClN5O3. The van der Waals surface area contributed by atoms with Gasteiger partial charge in [-0.05, 0) is 101 Å². The van der Waals surface area contributed by atoms with Crippen LogP contribution in [-0.2, 0) is 4.79 Å². The first-order valence-corrected chi connectivity index (χ1v) is 13.1. The van der Waals surface area contributed by atoms with Crippen LogP contribution in [0.15, 0.2) is 48.5 Å². The van der Waals surface area contributed by atoms with Crippen molar-refractivity contribution in [1.29, 1.82) is 0 Å². The molecule has 1 aliphatic carbocycles. The highest BCUT2D eigenvalue weighted by molar-refractivity contribution is 5.96. The van der Waals surface area contributed by atoms with Gasteiger partial charge < -0.3 is 25.4 Å². The lowest BCUT2D eigenvalue weighted by Gasteiger charge is -2.26. The quantitative estimate of drug-likeness (QED) is 0.249. The van der Waals surface area contributed by atoms with Crippen molar-refractivity contribution in [2.45, 2.75) is 53.4 Å². The minimum absolute atomic E-state index is 0. The Morgan fingerprint density at radius 1 is 0.842 bits per heavy atom. The Bertz CT molecular complexity index is 1180. The Labute approximate surface area is 231 Å². The van der Waals surface area contributed by atoms with E-state index in [9.17, 15) is 4.79 Å². The fourth-order valence-electron chi connectivity index (χ4n) is 4.48. The van der Waals surface area contributed by atoms with E-state index in [4.69, 9.17) is 14.5 Å². The number of aromatic nitrogens is 2. The summed E-state index contributed by atoms with van der Waals surface area (Å²) in [7, 11) is 0. The number of hydrogen-bond acceptors (Lipinski definition) is 7. The molecule has 0 unspecified atom stereocenters. The molecule has 1 heterocycles. The molecule has 1 amide bonds. The van der Waals surface area contributed by atoms with Gasteiger partial charge in [0.25, 0.3) is 0 Å². The molecule has 3 aromatic rings. The van der Waals surface area contributed by atoms with Crippen molar-refractivity contribution in [2.24, 2.45) is 11.8 Å². The second-order valence-corrected chi connectivity index (χ2v) is 9.47. The maximum atomic E-state index is 13.2. The van der Waals surface area contributed by atoms with E-state index >= 15 is 0 Å². The number of ether oxygens (including phenoxy) is 2. The van der Waals surface area contributed by atoms with Gasteiger partial charge in [-0.2, -0.15) is 4.98 Å². The molecule has 8 nitrogen and oxygen atoms in total. The number of nitrogens with one attached hydrogen (secondary N) is 3. The van der Waals surface area contributed by atoms with Crippen LogP contribution in [0, 0.1) is 18.8 Å². The van der Waals surface area contributed by atoms with E-state index in [-0.39, 0.29) is 24.2 Å². The van der Waals surface area contributed by atoms with E-state index in [1.54, 1.807) is 0 Å². The molecule has 204 valence electrons. The lowest BCUT2D eigenvalue weighted by molar-refractivity contribution is -0.121. The van der Waals surface area contributed by atoms with Gasteiger partial charge in [0.2, 0.25) is 11.9 Å². The van der Waals surface area contributed by atoms with Crippen LogP contribution in [0.4, 0.5) is 28.8 Å². The van der Waals surface area contributed by atoms with Gasteiger partial charge >= 0.3 is 0 Å². The van der Waals surface area contributed by atoms with E-state index in [0.29, 0.717) is 42.3 Å². The SMILES string of the molecule is CCOc1ccc(Nc2nc(C)c(NC(=O)C3CCC(C)CC3)c(Nc3ccc(OCC)cc3)n2)cc1.Cl. The number of aryl methyl sites for hydroxylation is 1. The molecule has 0 aliphatic heterocycles. The highest BCUT2D eigenvalue weighted by atomic mass is 35.5. The predicted molar refractivity (Wildman–Crippen MR) is 156 cm³/mol. The van der Waals surface area contributed by atoms with Crippen molar-refractivity contribution in [3.8, 4) is 11.5 Å². The third-order valence-electron chi connectivity index (χ3n) is 6.57. The van der Waals surface area contributed by atoms with Crippen LogP contribution in [0.1, 0.15) is 52.1 Å². The average Bonchev–Trinajstić information content (AvgIpc) is 2.89. The first-order chi connectivity index (χ1) is 17.9. The van der Waals surface area contributed by atoms with E-state index < -0.39 is 0 Å². The molecule has 38 heavy (non-hydrogen) atoms. The van der Waals surface area contributed by atoms with Crippen LogP contribution in [0.25, 0.3) is 0 Å². The van der Waals surface area contributed by atoms with Crippen LogP contribution in [0.3, 0.4) is 0 Å². The largest absolute Gasteiger partial charge is 0.494 e. The minimum atomic E-state index is 0. The Morgan fingerprint density at radius 2 is 1.37 bits per heavy atom. The Morgan fingerprint density at radius 3 is 1.89 bits per heavy atom. The van der Waals surface area contributed by atoms with E-state index in [1.165, 1.54) is 0 Å². The predicted octanol–water partition coefficient (Wildman–Crippen LogP) is 7.26. The molecule has 1 aliphatic rings. The molecule has 9 heteroatoms. The van der Waals surface area contributed by atoms with Crippen LogP contribution in [0.5, 0.6) is 11.5 Å². The zero-order valence-corrected chi connectivity index (χ0v) is 23.4. The summed E-state index contributed by atoms with van der Waals surface area (Å²) in [4.78, 5) is 22.6. The number of halogens is 1. The number of carbonyl (C=O) groups excluding carboxylic acids is 1. The summed E-state index contributed by atoms with van der Waals surface area (Å²) in [5.74, 6) is 3.28. The summed E-state index contributed by atoms with van der Waals surface area (Å²) in [6.07, 6.45) is 3.98. The first kappa shape index (κ1) is 29.0. The number of anilines is 5. The molecule has 0 spiro atoms. The number of nitrogens with zero attached hydrogens (tertiary/aromatic N) is 2. The summed E-state index contributed by atoms with van der Waals surface area (Å²) in [5, 5.41) is 9.77. The Hall–Kier alpha value is -3.52. The highest BCUT2D eigenvalue weighted by Crippen LogP contribution is 2.33. The van der Waals surface area contributed by atoms with Gasteiger partial charge in [-0.3, -0.25) is 4.79 Å². The number of hydrogen-bond donors (Lipinski definition) is 3. The van der Waals surface area contributed by atoms with Crippen molar-refractivity contribution in [2.75, 3.05) is 29.2 Å². The maximum Gasteiger partial charge on any atom is 0.229 e. The van der Waals surface area contributed by atoms with Gasteiger partial charge in [-0.1, -0.05) is 6.92 Å². The molecule has 0 atom stereocenters. The van der Waals surface area contributed by atoms with Gasteiger partial charge in [-0.15, -0.1) is 12.4 Å². The fraction of sp³-hybridized carbons (Fsp3) is 0.414. The minimum Gasteiger partial charge on any atom is -0.494 e. The van der Waals surface area contributed by atoms with Gasteiger partial charge in [0, 0.05) is 17.3 Å². The van der Waals surface area contributed by atoms with Gasteiger partial charge in [0.1, 0.15) is 17.2 Å². The second kappa shape index (κ2) is 13.9. The topological polar surface area (TPSA) is 97.4 Å². The summed E-state index contributed by atoms with van der Waals surface area (Å²) >= 11 is 0. The van der Waals surface area contributed by atoms with Crippen molar-refractivity contribution >= 4 is 47.1 Å². The second-order valence-electron chi connectivity index (χ2n) is 9.47. The number of carbonyl (C=O) groups is 1. The normalized spacial score (nSPS) is 16.6. The van der Waals surface area contributed by atoms with E-state index in [1.807, 2.05) is 69.3 Å². The molecule has 0 radical (unpaired) electrons. The molecule has 1 aromatic heterocycles. The van der Waals surface area contributed by atoms with Crippen LogP contribution < -0.4 is 25.4 Å². The molecule has 2 aromatic carbocycles. The molecule has 0 saturated heterocycles. The molecule has 3 N–H and O–H groups in total. The number of rotatable bonds is 10. The summed E-state index contributed by atoms with van der Waals surface area (Å²) in [6, 6.07) is 15.3. The highest BCUT2D eigenvalue weighted by Gasteiger charge is 2.26. The van der Waals surface area contributed by atoms with Crippen molar-refractivity contribution < 1.29 is 14.3 Å². The molecular weight excluding hydrogens is 502 g/mol. The summed E-state index contributed by atoms with van der Waals surface area (Å²) < 4.78 is 11.1. The third kappa shape index (κ3) is 7.74. The fourth-order valence-corrected chi connectivity index (χ4v) is 4.48. The van der Waals surface area contributed by atoms with E-state index in [2.05, 4.69) is 27.9 Å². The standard InChI is InChI=1S/C29H37N5O3.ClH/c1-5-36-24-15-11-22(12-16-24)31-27-26(33-28(35)21-9-7-19(3)8-10-21)20(4)30-29(34-27)32-23-13-17-25(18-14-23)37-6-2;/h11-19,21H,5-10H2,1-4H3,(H,33,35)(H2,30,31,32,34);1H.